The summed E-state index contributed by atoms with van der Waals surface area (Å²) in [6.07, 6.45) is -0.0175. The average molecular weight is 460 g/mol. The first-order chi connectivity index (χ1) is 16.2. The first-order valence-corrected chi connectivity index (χ1v) is 11.1. The molecule has 34 heavy (non-hydrogen) atoms. The van der Waals surface area contributed by atoms with Crippen molar-refractivity contribution in [2.75, 3.05) is 4.90 Å². The first-order valence-electron chi connectivity index (χ1n) is 11.1. The van der Waals surface area contributed by atoms with Crippen LogP contribution in [0.4, 0.5) is 10.1 Å². The Balaban J connectivity index is 1.91. The molecular formula is C28H26FNO4. The molecule has 6 heteroatoms. The van der Waals surface area contributed by atoms with Crippen molar-refractivity contribution in [3.63, 3.8) is 0 Å². The molecule has 4 rings (SSSR count). The van der Waals surface area contributed by atoms with Gasteiger partial charge in [-0.25, -0.2) is 4.39 Å². The van der Waals surface area contributed by atoms with E-state index in [9.17, 15) is 19.1 Å². The predicted octanol–water partition coefficient (Wildman–Crippen LogP) is 5.86. The van der Waals surface area contributed by atoms with Gasteiger partial charge in [0.2, 0.25) is 0 Å². The number of carbonyl (C=O) groups is 2. The Labute approximate surface area is 198 Å². The molecule has 5 nitrogen and oxygen atoms in total. The number of aliphatic hydroxyl groups excluding tert-OH is 1. The Morgan fingerprint density at radius 1 is 0.971 bits per heavy atom. The van der Waals surface area contributed by atoms with E-state index in [1.54, 1.807) is 30.3 Å². The molecule has 1 saturated heterocycles. The van der Waals surface area contributed by atoms with Crippen LogP contribution in [0.2, 0.25) is 0 Å². The lowest BCUT2D eigenvalue weighted by molar-refractivity contribution is -0.132. The van der Waals surface area contributed by atoms with Crippen molar-refractivity contribution in [1.82, 2.24) is 0 Å². The molecule has 1 fully saturated rings. The maximum atomic E-state index is 13.7. The number of rotatable bonds is 5. The highest BCUT2D eigenvalue weighted by atomic mass is 19.1. The van der Waals surface area contributed by atoms with E-state index in [-0.39, 0.29) is 17.4 Å². The van der Waals surface area contributed by atoms with E-state index in [4.69, 9.17) is 4.74 Å². The number of ether oxygens (including phenoxy) is 1. The van der Waals surface area contributed by atoms with Crippen LogP contribution >= 0.6 is 0 Å². The van der Waals surface area contributed by atoms with Gasteiger partial charge in [0.15, 0.2) is 0 Å². The Morgan fingerprint density at radius 2 is 1.65 bits per heavy atom. The van der Waals surface area contributed by atoms with Crippen molar-refractivity contribution in [3.05, 3.63) is 100 Å². The van der Waals surface area contributed by atoms with E-state index in [0.717, 1.165) is 11.1 Å². The zero-order chi connectivity index (χ0) is 24.6. The third-order valence-corrected chi connectivity index (χ3v) is 5.82. The second-order valence-electron chi connectivity index (χ2n) is 8.65. The summed E-state index contributed by atoms with van der Waals surface area (Å²) in [5.74, 6) is -1.60. The van der Waals surface area contributed by atoms with Crippen molar-refractivity contribution in [2.24, 2.45) is 0 Å². The number of hydrogen-bond acceptors (Lipinski definition) is 4. The van der Waals surface area contributed by atoms with Crippen LogP contribution in [-0.2, 0) is 9.59 Å². The lowest BCUT2D eigenvalue weighted by Crippen LogP contribution is -2.30. The number of amides is 1. The van der Waals surface area contributed by atoms with E-state index < -0.39 is 23.5 Å². The molecule has 1 aliphatic rings. The number of benzene rings is 3. The van der Waals surface area contributed by atoms with Crippen LogP contribution < -0.4 is 9.64 Å². The monoisotopic (exact) mass is 459 g/mol. The third kappa shape index (κ3) is 4.19. The molecule has 1 amide bonds. The number of para-hydroxylation sites is 1. The summed E-state index contributed by atoms with van der Waals surface area (Å²) in [5, 5.41) is 11.3. The van der Waals surface area contributed by atoms with E-state index >= 15 is 0 Å². The molecule has 1 unspecified atom stereocenters. The number of Topliss-reactive ketones (excluding diaryl/α,β-unsaturated/α-hetero) is 1. The highest BCUT2D eigenvalue weighted by Crippen LogP contribution is 2.43. The van der Waals surface area contributed by atoms with Crippen molar-refractivity contribution in [1.29, 1.82) is 0 Å². The highest BCUT2D eigenvalue weighted by Gasteiger charge is 2.47. The maximum Gasteiger partial charge on any atom is 0.300 e. The fourth-order valence-corrected chi connectivity index (χ4v) is 4.21. The van der Waals surface area contributed by atoms with Gasteiger partial charge in [-0.3, -0.25) is 14.5 Å². The molecule has 0 radical (unpaired) electrons. The second-order valence-corrected chi connectivity index (χ2v) is 8.65. The van der Waals surface area contributed by atoms with Crippen LogP contribution in [0.1, 0.15) is 42.1 Å². The van der Waals surface area contributed by atoms with E-state index in [1.165, 1.54) is 29.2 Å². The van der Waals surface area contributed by atoms with Crippen LogP contribution in [-0.4, -0.2) is 22.9 Å². The molecule has 3 aromatic carbocycles. The molecule has 0 spiro atoms. The predicted molar refractivity (Wildman–Crippen MR) is 129 cm³/mol. The highest BCUT2D eigenvalue weighted by molar-refractivity contribution is 6.51. The second kappa shape index (κ2) is 9.14. The summed E-state index contributed by atoms with van der Waals surface area (Å²) in [7, 11) is 0. The number of hydrogen-bond donors (Lipinski definition) is 1. The number of ketones is 1. The smallest absolute Gasteiger partial charge is 0.300 e. The fourth-order valence-electron chi connectivity index (χ4n) is 4.21. The van der Waals surface area contributed by atoms with Gasteiger partial charge in [-0.15, -0.1) is 0 Å². The van der Waals surface area contributed by atoms with Gasteiger partial charge in [0.25, 0.3) is 11.7 Å². The Bertz CT molecular complexity index is 1290. The van der Waals surface area contributed by atoms with Crippen molar-refractivity contribution in [2.45, 2.75) is 39.8 Å². The van der Waals surface area contributed by atoms with Gasteiger partial charge in [-0.1, -0.05) is 30.3 Å². The molecule has 0 aromatic heterocycles. The van der Waals surface area contributed by atoms with Gasteiger partial charge < -0.3 is 9.84 Å². The maximum absolute atomic E-state index is 13.7. The standard InChI is InChI=1S/C28H26FNO4/c1-16(2)34-23-14-11-20(15-18(23)4)26(31)24-25(19-9-12-21(29)13-10-19)30(28(33)27(24)32)22-8-6-5-7-17(22)3/h5-16,25,31H,1-4H3/b26-24-. The van der Waals surface area contributed by atoms with Gasteiger partial charge in [-0.05, 0) is 80.8 Å². The minimum Gasteiger partial charge on any atom is -0.507 e. The number of halogens is 1. The van der Waals surface area contributed by atoms with Crippen LogP contribution in [0, 0.1) is 19.7 Å². The molecular weight excluding hydrogens is 433 g/mol. The number of nitrogens with zero attached hydrogens (tertiary/aromatic N) is 1. The number of aliphatic hydroxyl groups is 1. The average Bonchev–Trinajstić information content (AvgIpc) is 3.06. The van der Waals surface area contributed by atoms with Crippen LogP contribution in [0.25, 0.3) is 5.76 Å². The Kier molecular flexibility index (Phi) is 6.24. The molecule has 0 bridgehead atoms. The van der Waals surface area contributed by atoms with E-state index in [0.29, 0.717) is 22.6 Å². The summed E-state index contributed by atoms with van der Waals surface area (Å²) >= 11 is 0. The largest absolute Gasteiger partial charge is 0.507 e. The minimum atomic E-state index is -0.909. The number of anilines is 1. The SMILES string of the molecule is Cc1cc(/C(O)=C2/C(=O)C(=O)N(c3ccccc3C)C2c2ccc(F)cc2)ccc1OC(C)C. The molecule has 0 saturated carbocycles. The summed E-state index contributed by atoms with van der Waals surface area (Å²) in [6, 6.07) is 17.0. The molecule has 1 N–H and O–H groups in total. The van der Waals surface area contributed by atoms with Gasteiger partial charge in [-0.2, -0.15) is 0 Å². The van der Waals surface area contributed by atoms with Crippen LogP contribution in [0.3, 0.4) is 0 Å². The summed E-state index contributed by atoms with van der Waals surface area (Å²) in [4.78, 5) is 27.9. The molecule has 0 aliphatic carbocycles. The Morgan fingerprint density at radius 3 is 2.26 bits per heavy atom. The summed E-state index contributed by atoms with van der Waals surface area (Å²) in [5.41, 5.74) is 2.99. The van der Waals surface area contributed by atoms with Crippen molar-refractivity contribution in [3.8, 4) is 5.75 Å². The van der Waals surface area contributed by atoms with Gasteiger partial charge in [0.1, 0.15) is 17.3 Å². The normalized spacial score (nSPS) is 17.5. The molecule has 1 aliphatic heterocycles. The fraction of sp³-hybridized carbons (Fsp3) is 0.214. The molecule has 1 heterocycles. The van der Waals surface area contributed by atoms with E-state index in [2.05, 4.69) is 0 Å². The zero-order valence-electron chi connectivity index (χ0n) is 19.5. The quantitative estimate of drug-likeness (QED) is 0.295. The van der Waals surface area contributed by atoms with Crippen LogP contribution in [0.5, 0.6) is 5.75 Å². The van der Waals surface area contributed by atoms with Crippen LogP contribution in [0.15, 0.2) is 72.3 Å². The molecule has 3 aromatic rings. The Hall–Kier alpha value is -3.93. The lowest BCUT2D eigenvalue weighted by atomic mass is 9.94. The van der Waals surface area contributed by atoms with E-state index in [1.807, 2.05) is 39.8 Å². The lowest BCUT2D eigenvalue weighted by Gasteiger charge is -2.26. The van der Waals surface area contributed by atoms with Crippen molar-refractivity contribution < 1.29 is 23.8 Å². The molecule has 1 atom stereocenters. The van der Waals surface area contributed by atoms with Gasteiger partial charge in [0.05, 0.1) is 17.7 Å². The van der Waals surface area contributed by atoms with Gasteiger partial charge >= 0.3 is 0 Å². The zero-order valence-corrected chi connectivity index (χ0v) is 19.5. The van der Waals surface area contributed by atoms with Crippen molar-refractivity contribution >= 4 is 23.1 Å². The minimum absolute atomic E-state index is 0.0175. The number of aryl methyl sites for hydroxylation is 2. The summed E-state index contributed by atoms with van der Waals surface area (Å²) in [6.45, 7) is 7.52. The summed E-state index contributed by atoms with van der Waals surface area (Å²) < 4.78 is 19.5. The molecule has 174 valence electrons. The van der Waals surface area contributed by atoms with Gasteiger partial charge in [0, 0.05) is 11.3 Å². The third-order valence-electron chi connectivity index (χ3n) is 5.82. The first kappa shape index (κ1) is 23.2. The number of carbonyl (C=O) groups excluding carboxylic acids is 2. The topological polar surface area (TPSA) is 66.8 Å².